The van der Waals surface area contributed by atoms with Gasteiger partial charge in [0, 0.05) is 29.3 Å². The van der Waals surface area contributed by atoms with Gasteiger partial charge in [-0.3, -0.25) is 9.13 Å². The number of alkyl halides is 1. The molecule has 0 N–H and O–H groups in total. The molecule has 2 aromatic rings. The Bertz CT molecular complexity index is 750. The smallest absolute Gasteiger partial charge is 0.328 e. The molecular weight excluding hydrogens is 400 g/mol. The van der Waals surface area contributed by atoms with Crippen LogP contribution in [0.1, 0.15) is 23.7 Å². The maximum absolute atomic E-state index is 12.1. The Morgan fingerprint density at radius 1 is 1.29 bits per heavy atom. The summed E-state index contributed by atoms with van der Waals surface area (Å²) in [4.78, 5) is 12.3. The van der Waals surface area contributed by atoms with Crippen molar-refractivity contribution in [2.75, 3.05) is 6.61 Å². The summed E-state index contributed by atoms with van der Waals surface area (Å²) in [5.41, 5.74) is 3.07. The van der Waals surface area contributed by atoms with Crippen LogP contribution in [0.3, 0.4) is 0 Å². The molecule has 1 fully saturated rings. The maximum Gasteiger partial charge on any atom is 0.328 e. The fourth-order valence-electron chi connectivity index (χ4n) is 3.06. The molecule has 0 bridgehead atoms. The Hall–Kier alpha value is -0.590. The molecule has 1 aromatic carbocycles. The van der Waals surface area contributed by atoms with E-state index >= 15 is 0 Å². The molecule has 1 aliphatic rings. The molecule has 0 spiro atoms. The minimum absolute atomic E-state index is 0.00186. The summed E-state index contributed by atoms with van der Waals surface area (Å²) < 4.78 is 10.1. The number of rotatable bonds is 2. The van der Waals surface area contributed by atoms with E-state index in [4.69, 9.17) is 4.74 Å². The molecule has 3 unspecified atom stereocenters. The summed E-state index contributed by atoms with van der Waals surface area (Å²) in [6, 6.07) is 4.13. The van der Waals surface area contributed by atoms with Gasteiger partial charge in [0.1, 0.15) is 0 Å². The van der Waals surface area contributed by atoms with E-state index in [-0.39, 0.29) is 10.5 Å². The summed E-state index contributed by atoms with van der Waals surface area (Å²) in [7, 11) is 3.61. The molecule has 3 rings (SSSR count). The normalized spacial score (nSPS) is 23.9. The average Bonchev–Trinajstić information content (AvgIpc) is 2.97. The second-order valence-electron chi connectivity index (χ2n) is 5.80. The molecule has 0 amide bonds. The van der Waals surface area contributed by atoms with Crippen LogP contribution in [0.15, 0.2) is 21.4 Å². The second kappa shape index (κ2) is 5.56. The summed E-state index contributed by atoms with van der Waals surface area (Å²) in [6.07, 6.45) is 1.37. The van der Waals surface area contributed by atoms with Gasteiger partial charge in [-0.1, -0.05) is 31.9 Å². The molecule has 0 aliphatic carbocycles. The second-order valence-corrected chi connectivity index (χ2v) is 7.65. The third-order valence-corrected chi connectivity index (χ3v) is 6.26. The summed E-state index contributed by atoms with van der Waals surface area (Å²) >= 11 is 7.48. The van der Waals surface area contributed by atoms with Crippen LogP contribution in [0.5, 0.6) is 0 Å². The first-order chi connectivity index (χ1) is 9.90. The van der Waals surface area contributed by atoms with Gasteiger partial charge in [0.15, 0.2) is 0 Å². The molecule has 21 heavy (non-hydrogen) atoms. The Morgan fingerprint density at radius 3 is 2.48 bits per heavy atom. The fourth-order valence-corrected chi connectivity index (χ4v) is 4.69. The van der Waals surface area contributed by atoms with Gasteiger partial charge >= 0.3 is 5.69 Å². The molecule has 4 nitrogen and oxygen atoms in total. The minimum Gasteiger partial charge on any atom is -0.378 e. The first-order valence-electron chi connectivity index (χ1n) is 7.00. The molecule has 2 heterocycles. The lowest BCUT2D eigenvalue weighted by molar-refractivity contribution is 0.120. The van der Waals surface area contributed by atoms with Crippen molar-refractivity contribution in [3.8, 4) is 0 Å². The monoisotopic (exact) mass is 416 g/mol. The van der Waals surface area contributed by atoms with E-state index in [0.717, 1.165) is 28.5 Å². The fraction of sp³-hybridized carbons (Fsp3) is 0.533. The van der Waals surface area contributed by atoms with Crippen molar-refractivity contribution in [1.82, 2.24) is 9.13 Å². The van der Waals surface area contributed by atoms with Crippen molar-refractivity contribution in [3.63, 3.8) is 0 Å². The van der Waals surface area contributed by atoms with Crippen molar-refractivity contribution >= 4 is 42.9 Å². The Balaban J connectivity index is 2.09. The van der Waals surface area contributed by atoms with Gasteiger partial charge in [0.25, 0.3) is 0 Å². The number of benzene rings is 1. The SMILES string of the molecule is CC1CC(C(Br)c2cc3c(cc2Br)n(C)c(=O)n3C)CO1. The number of aromatic nitrogens is 2. The zero-order valence-electron chi connectivity index (χ0n) is 12.3. The quantitative estimate of drug-likeness (QED) is 0.701. The Labute approximate surface area is 140 Å². The lowest BCUT2D eigenvalue weighted by Crippen LogP contribution is -2.19. The van der Waals surface area contributed by atoms with Crippen molar-refractivity contribution in [2.45, 2.75) is 24.3 Å². The van der Waals surface area contributed by atoms with Crippen LogP contribution < -0.4 is 5.69 Å². The Kier molecular flexibility index (Phi) is 4.05. The first kappa shape index (κ1) is 15.3. The highest BCUT2D eigenvalue weighted by molar-refractivity contribution is 9.11. The lowest BCUT2D eigenvalue weighted by atomic mass is 9.96. The third-order valence-electron chi connectivity index (χ3n) is 4.33. The van der Waals surface area contributed by atoms with Crippen LogP contribution in [0.2, 0.25) is 0 Å². The molecule has 1 aliphatic heterocycles. The van der Waals surface area contributed by atoms with Crippen LogP contribution in [0.4, 0.5) is 0 Å². The number of fused-ring (bicyclic) bond motifs is 1. The minimum atomic E-state index is -0.00186. The third kappa shape index (κ3) is 2.51. The highest BCUT2D eigenvalue weighted by atomic mass is 79.9. The highest BCUT2D eigenvalue weighted by Crippen LogP contribution is 2.41. The lowest BCUT2D eigenvalue weighted by Gasteiger charge is -2.18. The predicted molar refractivity (Wildman–Crippen MR) is 91.0 cm³/mol. The van der Waals surface area contributed by atoms with Gasteiger partial charge in [0.2, 0.25) is 0 Å². The molecule has 6 heteroatoms. The van der Waals surface area contributed by atoms with Crippen LogP contribution in [0, 0.1) is 5.92 Å². The molecule has 1 aromatic heterocycles. The van der Waals surface area contributed by atoms with Gasteiger partial charge in [0.05, 0.1) is 23.7 Å². The van der Waals surface area contributed by atoms with E-state index in [9.17, 15) is 4.79 Å². The number of aryl methyl sites for hydroxylation is 2. The van der Waals surface area contributed by atoms with Crippen molar-refractivity contribution in [2.24, 2.45) is 20.0 Å². The van der Waals surface area contributed by atoms with Crippen LogP contribution >= 0.6 is 31.9 Å². The summed E-state index contributed by atoms with van der Waals surface area (Å²) in [5.74, 6) is 0.453. The summed E-state index contributed by atoms with van der Waals surface area (Å²) in [6.45, 7) is 2.88. The zero-order chi connectivity index (χ0) is 15.3. The van der Waals surface area contributed by atoms with Crippen molar-refractivity contribution in [1.29, 1.82) is 0 Å². The van der Waals surface area contributed by atoms with Crippen LogP contribution in [-0.2, 0) is 18.8 Å². The molecule has 1 saturated heterocycles. The number of nitrogens with zero attached hydrogens (tertiary/aromatic N) is 2. The Morgan fingerprint density at radius 2 is 1.90 bits per heavy atom. The van der Waals surface area contributed by atoms with Gasteiger partial charge in [-0.25, -0.2) is 4.79 Å². The molecule has 3 atom stereocenters. The summed E-state index contributed by atoms with van der Waals surface area (Å²) in [5, 5.41) is 0. The topological polar surface area (TPSA) is 36.2 Å². The first-order valence-corrected chi connectivity index (χ1v) is 8.71. The van der Waals surface area contributed by atoms with Gasteiger partial charge in [-0.05, 0) is 31.0 Å². The van der Waals surface area contributed by atoms with Gasteiger partial charge < -0.3 is 4.74 Å². The van der Waals surface area contributed by atoms with E-state index in [0.29, 0.717) is 12.0 Å². The van der Waals surface area contributed by atoms with Crippen LogP contribution in [0.25, 0.3) is 11.0 Å². The standard InChI is InChI=1S/C15H18Br2N2O2/c1-8-4-9(7-21-8)14(17)10-5-12-13(6-11(10)16)19(3)15(20)18(12)2/h5-6,8-9,14H,4,7H2,1-3H3. The van der Waals surface area contributed by atoms with E-state index in [1.807, 2.05) is 13.1 Å². The van der Waals surface area contributed by atoms with Crippen molar-refractivity contribution in [3.05, 3.63) is 32.7 Å². The van der Waals surface area contributed by atoms with Gasteiger partial charge in [-0.15, -0.1) is 0 Å². The van der Waals surface area contributed by atoms with Crippen LogP contribution in [-0.4, -0.2) is 21.8 Å². The molecule has 0 radical (unpaired) electrons. The van der Waals surface area contributed by atoms with E-state index in [1.54, 1.807) is 16.2 Å². The molecular formula is C15H18Br2N2O2. The van der Waals surface area contributed by atoms with E-state index < -0.39 is 0 Å². The number of hydrogen-bond acceptors (Lipinski definition) is 2. The molecule has 0 saturated carbocycles. The number of hydrogen-bond donors (Lipinski definition) is 0. The maximum atomic E-state index is 12.1. The largest absolute Gasteiger partial charge is 0.378 e. The van der Waals surface area contributed by atoms with Gasteiger partial charge in [-0.2, -0.15) is 0 Å². The number of ether oxygens (including phenoxy) is 1. The average molecular weight is 418 g/mol. The number of imidazole rings is 1. The predicted octanol–water partition coefficient (Wildman–Crippen LogP) is 3.50. The van der Waals surface area contributed by atoms with Crippen molar-refractivity contribution < 1.29 is 4.74 Å². The zero-order valence-corrected chi connectivity index (χ0v) is 15.4. The highest BCUT2D eigenvalue weighted by Gasteiger charge is 2.30. The molecule has 114 valence electrons. The van der Waals surface area contributed by atoms with E-state index in [1.165, 1.54) is 5.56 Å². The van der Waals surface area contributed by atoms with E-state index in [2.05, 4.69) is 44.8 Å². The number of halogens is 2.